The van der Waals surface area contributed by atoms with Crippen molar-refractivity contribution in [3.8, 4) is 0 Å². The van der Waals surface area contributed by atoms with E-state index in [0.29, 0.717) is 5.92 Å². The van der Waals surface area contributed by atoms with Crippen molar-refractivity contribution >= 4 is 0 Å². The molecule has 1 saturated heterocycles. The Morgan fingerprint density at radius 3 is 2.74 bits per heavy atom. The number of aromatic nitrogens is 2. The van der Waals surface area contributed by atoms with Gasteiger partial charge < -0.3 is 14.6 Å². The minimum Gasteiger partial charge on any atom is -0.370 e. The quantitative estimate of drug-likeness (QED) is 0.902. The number of nitrogens with zero attached hydrogens (tertiary/aromatic N) is 2. The number of piperidine rings is 1. The highest BCUT2D eigenvalue weighted by atomic mass is 16.5. The lowest BCUT2D eigenvalue weighted by Gasteiger charge is -2.23. The molecule has 5 nitrogen and oxygen atoms in total. The number of rotatable bonds is 4. The van der Waals surface area contributed by atoms with Crippen LogP contribution < -0.4 is 5.32 Å². The summed E-state index contributed by atoms with van der Waals surface area (Å²) in [5, 5.41) is 7.56. The van der Waals surface area contributed by atoms with Gasteiger partial charge in [-0.1, -0.05) is 5.16 Å². The average Bonchev–Trinajstić information content (AvgIpc) is 3.09. The van der Waals surface area contributed by atoms with Gasteiger partial charge in [0.25, 0.3) is 0 Å². The Bertz CT molecular complexity index is 407. The van der Waals surface area contributed by atoms with Crippen molar-refractivity contribution in [2.45, 2.75) is 50.5 Å². The Hall–Kier alpha value is -0.940. The maximum Gasteiger partial charge on any atom is 0.227 e. The van der Waals surface area contributed by atoms with Crippen LogP contribution in [0.25, 0.3) is 0 Å². The molecule has 1 aliphatic heterocycles. The molecule has 0 radical (unpaired) electrons. The summed E-state index contributed by atoms with van der Waals surface area (Å²) in [7, 11) is 1.76. The molecule has 3 rings (SSSR count). The van der Waals surface area contributed by atoms with Gasteiger partial charge in [0.1, 0.15) is 5.60 Å². The molecule has 1 saturated carbocycles. The van der Waals surface area contributed by atoms with E-state index in [1.807, 2.05) is 0 Å². The molecule has 0 unspecified atom stereocenters. The lowest BCUT2D eigenvalue weighted by Crippen LogP contribution is -2.29. The summed E-state index contributed by atoms with van der Waals surface area (Å²) in [5.74, 6) is 2.22. The lowest BCUT2D eigenvalue weighted by molar-refractivity contribution is -0.0178. The first-order valence-electron chi connectivity index (χ1n) is 7.41. The van der Waals surface area contributed by atoms with Gasteiger partial charge in [0.15, 0.2) is 0 Å². The van der Waals surface area contributed by atoms with Gasteiger partial charge in [0, 0.05) is 13.5 Å². The van der Waals surface area contributed by atoms with E-state index in [9.17, 15) is 0 Å². The molecule has 5 heteroatoms. The van der Waals surface area contributed by atoms with Crippen LogP contribution in [0.15, 0.2) is 4.52 Å². The van der Waals surface area contributed by atoms with Crippen molar-refractivity contribution in [1.29, 1.82) is 0 Å². The highest BCUT2D eigenvalue weighted by Gasteiger charge is 2.40. The SMILES string of the molecule is COC1(c2noc(CC3CCNCC3)n2)CCCC1. The van der Waals surface area contributed by atoms with E-state index < -0.39 is 0 Å². The van der Waals surface area contributed by atoms with Crippen molar-refractivity contribution in [3.05, 3.63) is 11.7 Å². The maximum absolute atomic E-state index is 5.69. The molecule has 19 heavy (non-hydrogen) atoms. The molecule has 1 aliphatic carbocycles. The predicted octanol–water partition coefficient (Wildman–Crippen LogP) is 2.03. The third-order valence-electron chi connectivity index (χ3n) is 4.60. The molecule has 0 amide bonds. The second-order valence-electron chi connectivity index (χ2n) is 5.81. The zero-order valence-electron chi connectivity index (χ0n) is 11.7. The Balaban J connectivity index is 1.68. The lowest BCUT2D eigenvalue weighted by atomic mass is 9.95. The second-order valence-corrected chi connectivity index (χ2v) is 5.81. The smallest absolute Gasteiger partial charge is 0.227 e. The van der Waals surface area contributed by atoms with Crippen LogP contribution in [0.1, 0.15) is 50.2 Å². The summed E-state index contributed by atoms with van der Waals surface area (Å²) in [4.78, 5) is 4.61. The highest BCUT2D eigenvalue weighted by Crippen LogP contribution is 2.40. The normalized spacial score (nSPS) is 23.8. The molecule has 0 bridgehead atoms. The molecule has 0 spiro atoms. The van der Waals surface area contributed by atoms with Crippen LogP contribution >= 0.6 is 0 Å². The van der Waals surface area contributed by atoms with E-state index in [1.54, 1.807) is 7.11 Å². The van der Waals surface area contributed by atoms with Gasteiger partial charge in [-0.05, 0) is 57.5 Å². The van der Waals surface area contributed by atoms with Crippen molar-refractivity contribution in [3.63, 3.8) is 0 Å². The molecule has 2 fully saturated rings. The fourth-order valence-electron chi connectivity index (χ4n) is 3.32. The molecular formula is C14H23N3O2. The Morgan fingerprint density at radius 2 is 2.05 bits per heavy atom. The zero-order chi connectivity index (χ0) is 13.1. The molecule has 2 aliphatic rings. The van der Waals surface area contributed by atoms with Crippen LogP contribution in [0, 0.1) is 5.92 Å². The van der Waals surface area contributed by atoms with E-state index >= 15 is 0 Å². The molecule has 1 N–H and O–H groups in total. The standard InChI is InChI=1S/C14H23N3O2/c1-18-14(6-2-3-7-14)13-16-12(19-17-13)10-11-4-8-15-9-5-11/h11,15H,2-10H2,1H3. The van der Waals surface area contributed by atoms with E-state index in [1.165, 1.54) is 25.7 Å². The molecule has 1 aromatic heterocycles. The van der Waals surface area contributed by atoms with Gasteiger partial charge >= 0.3 is 0 Å². The van der Waals surface area contributed by atoms with Gasteiger partial charge in [0.2, 0.25) is 11.7 Å². The molecule has 106 valence electrons. The third kappa shape index (κ3) is 2.67. The maximum atomic E-state index is 5.69. The van der Waals surface area contributed by atoms with E-state index in [2.05, 4.69) is 15.5 Å². The number of nitrogens with one attached hydrogen (secondary N) is 1. The number of methoxy groups -OCH3 is 1. The highest BCUT2D eigenvalue weighted by molar-refractivity contribution is 5.04. The van der Waals surface area contributed by atoms with Gasteiger partial charge in [-0.25, -0.2) is 0 Å². The number of hydrogen-bond donors (Lipinski definition) is 1. The molecular weight excluding hydrogens is 242 g/mol. The summed E-state index contributed by atoms with van der Waals surface area (Å²) in [6.45, 7) is 2.21. The first kappa shape index (κ1) is 13.1. The van der Waals surface area contributed by atoms with Gasteiger partial charge in [0.05, 0.1) is 0 Å². The predicted molar refractivity (Wildman–Crippen MR) is 70.8 cm³/mol. The minimum atomic E-state index is -0.282. The van der Waals surface area contributed by atoms with Crippen LogP contribution in [0.5, 0.6) is 0 Å². The summed E-state index contributed by atoms with van der Waals surface area (Å²) < 4.78 is 11.1. The van der Waals surface area contributed by atoms with Crippen LogP contribution in [0.4, 0.5) is 0 Å². The first-order chi connectivity index (χ1) is 9.32. The summed E-state index contributed by atoms with van der Waals surface area (Å²) in [6.07, 6.45) is 7.71. The Labute approximate surface area is 114 Å². The van der Waals surface area contributed by atoms with Crippen LogP contribution in [0.2, 0.25) is 0 Å². The van der Waals surface area contributed by atoms with E-state index in [-0.39, 0.29) is 5.60 Å². The largest absolute Gasteiger partial charge is 0.370 e. The van der Waals surface area contributed by atoms with Crippen LogP contribution in [0.3, 0.4) is 0 Å². The average molecular weight is 265 g/mol. The van der Waals surface area contributed by atoms with Gasteiger partial charge in [-0.3, -0.25) is 0 Å². The summed E-state index contributed by atoms with van der Waals surface area (Å²) in [5.41, 5.74) is -0.282. The zero-order valence-corrected chi connectivity index (χ0v) is 11.7. The van der Waals surface area contributed by atoms with Crippen molar-refractivity contribution in [2.24, 2.45) is 5.92 Å². The molecule has 2 heterocycles. The Kier molecular flexibility index (Phi) is 3.84. The molecule has 0 aromatic carbocycles. The van der Waals surface area contributed by atoms with Crippen LogP contribution in [-0.4, -0.2) is 30.3 Å². The van der Waals surface area contributed by atoms with Crippen molar-refractivity contribution in [1.82, 2.24) is 15.5 Å². The second kappa shape index (κ2) is 5.59. The third-order valence-corrected chi connectivity index (χ3v) is 4.60. The number of hydrogen-bond acceptors (Lipinski definition) is 5. The summed E-state index contributed by atoms with van der Waals surface area (Å²) in [6, 6.07) is 0. The molecule has 0 atom stereocenters. The van der Waals surface area contributed by atoms with Gasteiger partial charge in [-0.15, -0.1) is 0 Å². The minimum absolute atomic E-state index is 0.282. The van der Waals surface area contributed by atoms with Crippen molar-refractivity contribution < 1.29 is 9.26 Å². The Morgan fingerprint density at radius 1 is 1.32 bits per heavy atom. The first-order valence-corrected chi connectivity index (χ1v) is 7.41. The van der Waals surface area contributed by atoms with Crippen molar-refractivity contribution in [2.75, 3.05) is 20.2 Å². The molecule has 1 aromatic rings. The number of ether oxygens (including phenoxy) is 1. The van der Waals surface area contributed by atoms with E-state index in [4.69, 9.17) is 9.26 Å². The van der Waals surface area contributed by atoms with Crippen LogP contribution in [-0.2, 0) is 16.8 Å². The van der Waals surface area contributed by atoms with Gasteiger partial charge in [-0.2, -0.15) is 4.98 Å². The van der Waals surface area contributed by atoms with E-state index in [0.717, 1.165) is 44.1 Å². The monoisotopic (exact) mass is 265 g/mol. The summed E-state index contributed by atoms with van der Waals surface area (Å²) >= 11 is 0. The fraction of sp³-hybridized carbons (Fsp3) is 0.857. The fourth-order valence-corrected chi connectivity index (χ4v) is 3.32. The topological polar surface area (TPSA) is 60.2 Å².